The van der Waals surface area contributed by atoms with Crippen LogP contribution in [-0.2, 0) is 0 Å². The van der Waals surface area contributed by atoms with Gasteiger partial charge in [-0.3, -0.25) is 4.98 Å². The molecule has 1 aromatic carbocycles. The van der Waals surface area contributed by atoms with Gasteiger partial charge in [-0.15, -0.1) is 0 Å². The van der Waals surface area contributed by atoms with E-state index >= 15 is 0 Å². The quantitative estimate of drug-likeness (QED) is 0.864. The van der Waals surface area contributed by atoms with Gasteiger partial charge in [0.05, 0.1) is 5.52 Å². The van der Waals surface area contributed by atoms with E-state index in [-0.39, 0.29) is 0 Å². The molecule has 0 aliphatic heterocycles. The Balaban J connectivity index is 1.73. The zero-order chi connectivity index (χ0) is 13.1. The maximum Gasteiger partial charge on any atom is 0.0703 e. The Labute approximate surface area is 115 Å². The number of nitrogens with one attached hydrogen (secondary N) is 1. The molecule has 1 unspecified atom stereocenters. The summed E-state index contributed by atoms with van der Waals surface area (Å²) in [7, 11) is 0. The average molecular weight is 254 g/mol. The molecule has 0 saturated heterocycles. The molecule has 1 heterocycles. The first-order valence-electron chi connectivity index (χ1n) is 7.44. The lowest BCUT2D eigenvalue weighted by Crippen LogP contribution is -2.27. The van der Waals surface area contributed by atoms with Crippen LogP contribution in [0.4, 0.5) is 5.69 Å². The molecule has 0 bridgehead atoms. The minimum absolute atomic E-state index is 0.564. The van der Waals surface area contributed by atoms with Crippen molar-refractivity contribution in [1.29, 1.82) is 0 Å². The molecule has 0 radical (unpaired) electrons. The van der Waals surface area contributed by atoms with Gasteiger partial charge in [-0.25, -0.2) is 0 Å². The molecule has 1 atom stereocenters. The number of rotatable bonds is 3. The zero-order valence-electron chi connectivity index (χ0n) is 11.6. The molecule has 0 amide bonds. The highest BCUT2D eigenvalue weighted by Crippen LogP contribution is 2.28. The smallest absolute Gasteiger partial charge is 0.0703 e. The predicted octanol–water partition coefficient (Wildman–Crippen LogP) is 4.62. The Hall–Kier alpha value is -1.57. The minimum Gasteiger partial charge on any atom is -0.382 e. The molecule has 1 aliphatic carbocycles. The lowest BCUT2D eigenvalue weighted by molar-refractivity contribution is 0.328. The van der Waals surface area contributed by atoms with E-state index in [1.165, 1.54) is 43.2 Å². The van der Waals surface area contributed by atoms with Crippen molar-refractivity contribution >= 4 is 16.6 Å². The zero-order valence-corrected chi connectivity index (χ0v) is 11.6. The van der Waals surface area contributed by atoms with Crippen LogP contribution >= 0.6 is 0 Å². The largest absolute Gasteiger partial charge is 0.382 e. The van der Waals surface area contributed by atoms with E-state index in [9.17, 15) is 0 Å². The van der Waals surface area contributed by atoms with Crippen molar-refractivity contribution in [2.24, 2.45) is 5.92 Å². The molecule has 0 spiro atoms. The van der Waals surface area contributed by atoms with Crippen LogP contribution in [0.15, 0.2) is 36.5 Å². The van der Waals surface area contributed by atoms with Gasteiger partial charge in [0.2, 0.25) is 0 Å². The summed E-state index contributed by atoms with van der Waals surface area (Å²) in [6, 6.07) is 11.1. The molecule has 1 aromatic heterocycles. The van der Waals surface area contributed by atoms with Gasteiger partial charge < -0.3 is 5.32 Å². The van der Waals surface area contributed by atoms with Crippen LogP contribution in [0.3, 0.4) is 0 Å². The first-order valence-corrected chi connectivity index (χ1v) is 7.44. The molecule has 100 valence electrons. The van der Waals surface area contributed by atoms with Crippen molar-refractivity contribution < 1.29 is 0 Å². The number of aromatic nitrogens is 1. The SMILES string of the molecule is CC(Nc1ccc2ncccc2c1)C1CCCCC1. The lowest BCUT2D eigenvalue weighted by Gasteiger charge is -2.29. The van der Waals surface area contributed by atoms with E-state index in [1.807, 2.05) is 12.3 Å². The normalized spacial score (nSPS) is 18.4. The molecule has 2 aromatic rings. The monoisotopic (exact) mass is 254 g/mol. The third kappa shape index (κ3) is 2.89. The number of pyridine rings is 1. The third-order valence-electron chi connectivity index (χ3n) is 4.35. The second-order valence-corrected chi connectivity index (χ2v) is 5.74. The molecule has 2 heteroatoms. The number of hydrogen-bond donors (Lipinski definition) is 1. The van der Waals surface area contributed by atoms with Gasteiger partial charge in [0.15, 0.2) is 0 Å². The molecule has 1 N–H and O–H groups in total. The summed E-state index contributed by atoms with van der Waals surface area (Å²) in [4.78, 5) is 4.36. The Bertz CT molecular complexity index is 544. The van der Waals surface area contributed by atoms with E-state index in [0.717, 1.165) is 11.4 Å². The summed E-state index contributed by atoms with van der Waals surface area (Å²) in [6.45, 7) is 2.32. The summed E-state index contributed by atoms with van der Waals surface area (Å²) in [6.07, 6.45) is 8.83. The van der Waals surface area contributed by atoms with E-state index in [0.29, 0.717) is 6.04 Å². The van der Waals surface area contributed by atoms with Crippen molar-refractivity contribution in [2.45, 2.75) is 45.1 Å². The number of benzene rings is 1. The first-order chi connectivity index (χ1) is 9.33. The molecule has 2 nitrogen and oxygen atoms in total. The van der Waals surface area contributed by atoms with Crippen LogP contribution in [0.25, 0.3) is 10.9 Å². The average Bonchev–Trinajstić information content (AvgIpc) is 2.48. The van der Waals surface area contributed by atoms with Crippen LogP contribution in [0, 0.1) is 5.92 Å². The van der Waals surface area contributed by atoms with Gasteiger partial charge >= 0.3 is 0 Å². The predicted molar refractivity (Wildman–Crippen MR) is 81.4 cm³/mol. The van der Waals surface area contributed by atoms with Gasteiger partial charge in [0, 0.05) is 23.3 Å². The third-order valence-corrected chi connectivity index (χ3v) is 4.35. The van der Waals surface area contributed by atoms with Gasteiger partial charge in [-0.2, -0.15) is 0 Å². The van der Waals surface area contributed by atoms with Crippen LogP contribution in [0.1, 0.15) is 39.0 Å². The topological polar surface area (TPSA) is 24.9 Å². The Morgan fingerprint density at radius 2 is 2.00 bits per heavy atom. The summed E-state index contributed by atoms with van der Waals surface area (Å²) in [5, 5.41) is 4.89. The fourth-order valence-electron chi connectivity index (χ4n) is 3.18. The Morgan fingerprint density at radius 1 is 1.16 bits per heavy atom. The Morgan fingerprint density at radius 3 is 2.84 bits per heavy atom. The van der Waals surface area contributed by atoms with Gasteiger partial charge in [-0.1, -0.05) is 25.3 Å². The summed E-state index contributed by atoms with van der Waals surface area (Å²) < 4.78 is 0. The van der Waals surface area contributed by atoms with Gasteiger partial charge in [-0.05, 0) is 49.9 Å². The van der Waals surface area contributed by atoms with E-state index in [4.69, 9.17) is 0 Å². The number of hydrogen-bond acceptors (Lipinski definition) is 2. The van der Waals surface area contributed by atoms with Gasteiger partial charge in [0.25, 0.3) is 0 Å². The molecule has 3 rings (SSSR count). The van der Waals surface area contributed by atoms with Crippen LogP contribution in [0.5, 0.6) is 0 Å². The van der Waals surface area contributed by atoms with E-state index in [1.54, 1.807) is 0 Å². The van der Waals surface area contributed by atoms with Crippen LogP contribution in [0.2, 0.25) is 0 Å². The molecule has 19 heavy (non-hydrogen) atoms. The summed E-state index contributed by atoms with van der Waals surface area (Å²) in [5.41, 5.74) is 2.29. The van der Waals surface area contributed by atoms with Crippen molar-refractivity contribution in [1.82, 2.24) is 4.98 Å². The van der Waals surface area contributed by atoms with Crippen molar-refractivity contribution in [3.8, 4) is 0 Å². The van der Waals surface area contributed by atoms with E-state index < -0.39 is 0 Å². The maximum atomic E-state index is 4.36. The van der Waals surface area contributed by atoms with Crippen LogP contribution < -0.4 is 5.32 Å². The standard InChI is InChI=1S/C17H22N2/c1-13(14-6-3-2-4-7-14)19-16-9-10-17-15(12-16)8-5-11-18-17/h5,8-14,19H,2-4,6-7H2,1H3. The summed E-state index contributed by atoms with van der Waals surface area (Å²) in [5.74, 6) is 0.832. The molecule has 1 saturated carbocycles. The molecule has 1 aliphatic rings. The minimum atomic E-state index is 0.564. The highest BCUT2D eigenvalue weighted by Gasteiger charge is 2.19. The van der Waals surface area contributed by atoms with Gasteiger partial charge in [0.1, 0.15) is 0 Å². The lowest BCUT2D eigenvalue weighted by atomic mass is 9.84. The molecular formula is C17H22N2. The second kappa shape index (κ2) is 5.60. The molecule has 1 fully saturated rings. The second-order valence-electron chi connectivity index (χ2n) is 5.74. The van der Waals surface area contributed by atoms with Crippen molar-refractivity contribution in [3.63, 3.8) is 0 Å². The van der Waals surface area contributed by atoms with Crippen molar-refractivity contribution in [2.75, 3.05) is 5.32 Å². The first kappa shape index (κ1) is 12.5. The van der Waals surface area contributed by atoms with Crippen molar-refractivity contribution in [3.05, 3.63) is 36.5 Å². The number of nitrogens with zero attached hydrogens (tertiary/aromatic N) is 1. The Kier molecular flexibility index (Phi) is 3.67. The van der Waals surface area contributed by atoms with E-state index in [2.05, 4.69) is 41.5 Å². The fourth-order valence-corrected chi connectivity index (χ4v) is 3.18. The number of anilines is 1. The fraction of sp³-hybridized carbons (Fsp3) is 0.471. The highest BCUT2D eigenvalue weighted by atomic mass is 14.9. The number of fused-ring (bicyclic) bond motifs is 1. The molecular weight excluding hydrogens is 232 g/mol. The summed E-state index contributed by atoms with van der Waals surface area (Å²) >= 11 is 0. The highest BCUT2D eigenvalue weighted by molar-refractivity contribution is 5.82. The maximum absolute atomic E-state index is 4.36. The van der Waals surface area contributed by atoms with Crippen LogP contribution in [-0.4, -0.2) is 11.0 Å².